The van der Waals surface area contributed by atoms with Crippen molar-refractivity contribution >= 4 is 16.9 Å². The Hall–Kier alpha value is -1.94. The summed E-state index contributed by atoms with van der Waals surface area (Å²) < 4.78 is 10.3. The number of fused-ring (bicyclic) bond motifs is 1. The first-order valence-electron chi connectivity index (χ1n) is 5.96. The summed E-state index contributed by atoms with van der Waals surface area (Å²) in [6.07, 6.45) is 1.08. The Morgan fingerprint density at radius 2 is 2.28 bits per heavy atom. The van der Waals surface area contributed by atoms with Gasteiger partial charge in [0.1, 0.15) is 6.10 Å². The van der Waals surface area contributed by atoms with Gasteiger partial charge in [-0.25, -0.2) is 4.79 Å². The van der Waals surface area contributed by atoms with Crippen molar-refractivity contribution in [2.45, 2.75) is 19.1 Å². The minimum atomic E-state index is -0.465. The fraction of sp³-hybridized carbons (Fsp3) is 0.286. The van der Waals surface area contributed by atoms with E-state index in [4.69, 9.17) is 9.47 Å². The average Bonchev–Trinajstić information content (AvgIpc) is 3.19. The van der Waals surface area contributed by atoms with Crippen molar-refractivity contribution in [1.82, 2.24) is 4.98 Å². The lowest BCUT2D eigenvalue weighted by molar-refractivity contribution is -0.144. The molecular weight excluding hydrogens is 230 g/mol. The molecule has 2 atom stereocenters. The van der Waals surface area contributed by atoms with Crippen LogP contribution >= 0.6 is 0 Å². The molecule has 4 nitrogen and oxygen atoms in total. The third-order valence-corrected chi connectivity index (χ3v) is 2.95. The van der Waals surface area contributed by atoms with Gasteiger partial charge in [-0.2, -0.15) is 0 Å². The molecule has 2 unspecified atom stereocenters. The molecule has 1 aliphatic heterocycles. The van der Waals surface area contributed by atoms with Gasteiger partial charge in [0.2, 0.25) is 0 Å². The molecule has 0 bridgehead atoms. The Balaban J connectivity index is 1.82. The van der Waals surface area contributed by atoms with Crippen molar-refractivity contribution in [2.75, 3.05) is 6.61 Å². The molecule has 1 fully saturated rings. The maximum Gasteiger partial charge on any atom is 0.338 e. The summed E-state index contributed by atoms with van der Waals surface area (Å²) in [6, 6.07) is 9.87. The topological polar surface area (TPSA) is 51.7 Å². The lowest BCUT2D eigenvalue weighted by Gasteiger charge is -2.00. The van der Waals surface area contributed by atoms with Gasteiger partial charge in [0.05, 0.1) is 12.1 Å². The SMILES string of the molecule is CCOC(=O)C1OC1c1cnc2ccccc2c1. The van der Waals surface area contributed by atoms with Crippen LogP contribution in [-0.4, -0.2) is 23.7 Å². The predicted molar refractivity (Wildman–Crippen MR) is 66.0 cm³/mol. The molecule has 4 heteroatoms. The summed E-state index contributed by atoms with van der Waals surface area (Å²) in [6.45, 7) is 2.16. The zero-order chi connectivity index (χ0) is 12.5. The summed E-state index contributed by atoms with van der Waals surface area (Å²) in [4.78, 5) is 15.8. The number of pyridine rings is 1. The maximum atomic E-state index is 11.5. The molecule has 2 heterocycles. The lowest BCUT2D eigenvalue weighted by Crippen LogP contribution is -2.11. The zero-order valence-electron chi connectivity index (χ0n) is 10.00. The molecule has 0 amide bonds. The maximum absolute atomic E-state index is 11.5. The van der Waals surface area contributed by atoms with E-state index in [2.05, 4.69) is 4.98 Å². The molecule has 0 aliphatic carbocycles. The molecule has 3 rings (SSSR count). The highest BCUT2D eigenvalue weighted by molar-refractivity contribution is 5.81. The number of para-hydroxylation sites is 1. The fourth-order valence-corrected chi connectivity index (χ4v) is 2.01. The van der Waals surface area contributed by atoms with Gasteiger partial charge in [0.15, 0.2) is 6.10 Å². The highest BCUT2D eigenvalue weighted by atomic mass is 16.6. The molecule has 1 aromatic carbocycles. The van der Waals surface area contributed by atoms with Gasteiger partial charge < -0.3 is 9.47 Å². The molecule has 0 spiro atoms. The minimum Gasteiger partial charge on any atom is -0.464 e. The van der Waals surface area contributed by atoms with E-state index in [9.17, 15) is 4.79 Å². The van der Waals surface area contributed by atoms with Gasteiger partial charge in [-0.1, -0.05) is 18.2 Å². The van der Waals surface area contributed by atoms with Gasteiger partial charge in [-0.05, 0) is 19.1 Å². The summed E-state index contributed by atoms with van der Waals surface area (Å²) in [5, 5.41) is 1.05. The van der Waals surface area contributed by atoms with Crippen LogP contribution in [0.1, 0.15) is 18.6 Å². The van der Waals surface area contributed by atoms with Crippen LogP contribution in [0.15, 0.2) is 36.5 Å². The summed E-state index contributed by atoms with van der Waals surface area (Å²) in [7, 11) is 0. The van der Waals surface area contributed by atoms with Gasteiger partial charge in [-0.3, -0.25) is 4.98 Å². The van der Waals surface area contributed by atoms with E-state index in [0.29, 0.717) is 6.61 Å². The quantitative estimate of drug-likeness (QED) is 0.612. The molecule has 1 saturated heterocycles. The Morgan fingerprint density at radius 1 is 1.44 bits per heavy atom. The van der Waals surface area contributed by atoms with Crippen LogP contribution in [0.3, 0.4) is 0 Å². The zero-order valence-corrected chi connectivity index (χ0v) is 10.00. The first-order chi connectivity index (χ1) is 8.79. The normalized spacial score (nSPS) is 21.8. The highest BCUT2D eigenvalue weighted by Crippen LogP contribution is 2.39. The van der Waals surface area contributed by atoms with Crippen molar-refractivity contribution < 1.29 is 14.3 Å². The van der Waals surface area contributed by atoms with E-state index in [1.54, 1.807) is 13.1 Å². The molecule has 92 valence electrons. The Morgan fingerprint density at radius 3 is 3.11 bits per heavy atom. The van der Waals surface area contributed by atoms with Crippen LogP contribution in [-0.2, 0) is 14.3 Å². The van der Waals surface area contributed by atoms with E-state index < -0.39 is 6.10 Å². The number of esters is 1. The van der Waals surface area contributed by atoms with Crippen molar-refractivity contribution in [2.24, 2.45) is 0 Å². The Kier molecular flexibility index (Phi) is 2.72. The number of carbonyl (C=O) groups excluding carboxylic acids is 1. The molecule has 0 saturated carbocycles. The van der Waals surface area contributed by atoms with E-state index in [1.165, 1.54) is 0 Å². The molecular formula is C14H13NO3. The molecule has 2 aromatic rings. The number of hydrogen-bond donors (Lipinski definition) is 0. The molecule has 18 heavy (non-hydrogen) atoms. The van der Waals surface area contributed by atoms with Crippen molar-refractivity contribution in [3.8, 4) is 0 Å². The number of rotatable bonds is 3. The number of hydrogen-bond acceptors (Lipinski definition) is 4. The van der Waals surface area contributed by atoms with Crippen LogP contribution in [0.5, 0.6) is 0 Å². The van der Waals surface area contributed by atoms with Crippen molar-refractivity contribution in [3.63, 3.8) is 0 Å². The van der Waals surface area contributed by atoms with Crippen molar-refractivity contribution in [3.05, 3.63) is 42.1 Å². The number of epoxide rings is 1. The summed E-state index contributed by atoms with van der Waals surface area (Å²) in [5.74, 6) is -0.296. The van der Waals surface area contributed by atoms with Crippen LogP contribution < -0.4 is 0 Å². The van der Waals surface area contributed by atoms with Crippen LogP contribution in [0.4, 0.5) is 0 Å². The van der Waals surface area contributed by atoms with Gasteiger partial charge in [0.25, 0.3) is 0 Å². The summed E-state index contributed by atoms with van der Waals surface area (Å²) in [5.41, 5.74) is 1.86. The monoisotopic (exact) mass is 243 g/mol. The van der Waals surface area contributed by atoms with Gasteiger partial charge >= 0.3 is 5.97 Å². The molecule has 0 N–H and O–H groups in total. The van der Waals surface area contributed by atoms with Crippen molar-refractivity contribution in [1.29, 1.82) is 0 Å². The highest BCUT2D eigenvalue weighted by Gasteiger charge is 2.47. The van der Waals surface area contributed by atoms with E-state index in [-0.39, 0.29) is 12.1 Å². The fourth-order valence-electron chi connectivity index (χ4n) is 2.01. The number of nitrogens with zero attached hydrogens (tertiary/aromatic N) is 1. The largest absolute Gasteiger partial charge is 0.464 e. The standard InChI is InChI=1S/C14H13NO3/c1-2-17-14(16)13-12(18-13)10-7-9-5-3-4-6-11(9)15-8-10/h3-8,12-13H,2H2,1H3. The van der Waals surface area contributed by atoms with Crippen LogP contribution in [0.2, 0.25) is 0 Å². The third-order valence-electron chi connectivity index (χ3n) is 2.95. The van der Waals surface area contributed by atoms with E-state index >= 15 is 0 Å². The van der Waals surface area contributed by atoms with Gasteiger partial charge in [0, 0.05) is 17.1 Å². The molecule has 1 aliphatic rings. The second kappa shape index (κ2) is 4.38. The Labute approximate surface area is 105 Å². The third kappa shape index (κ3) is 1.95. The predicted octanol–water partition coefficient (Wildman–Crippen LogP) is 2.24. The van der Waals surface area contributed by atoms with Gasteiger partial charge in [-0.15, -0.1) is 0 Å². The van der Waals surface area contributed by atoms with E-state index in [1.807, 2.05) is 30.3 Å². The smallest absolute Gasteiger partial charge is 0.338 e. The second-order valence-electron chi connectivity index (χ2n) is 4.19. The number of aromatic nitrogens is 1. The first-order valence-corrected chi connectivity index (χ1v) is 5.96. The number of carbonyl (C=O) groups is 1. The average molecular weight is 243 g/mol. The molecule has 1 aromatic heterocycles. The first kappa shape index (κ1) is 11.2. The van der Waals surface area contributed by atoms with Crippen LogP contribution in [0, 0.1) is 0 Å². The minimum absolute atomic E-state index is 0.207. The van der Waals surface area contributed by atoms with Crippen LogP contribution in [0.25, 0.3) is 10.9 Å². The second-order valence-corrected chi connectivity index (χ2v) is 4.19. The van der Waals surface area contributed by atoms with E-state index in [0.717, 1.165) is 16.5 Å². The Bertz CT molecular complexity index is 596. The number of ether oxygens (including phenoxy) is 2. The molecule has 0 radical (unpaired) electrons. The lowest BCUT2D eigenvalue weighted by atomic mass is 10.1. The number of benzene rings is 1. The summed E-state index contributed by atoms with van der Waals surface area (Å²) >= 11 is 0.